The summed E-state index contributed by atoms with van der Waals surface area (Å²) < 4.78 is 19.0. The summed E-state index contributed by atoms with van der Waals surface area (Å²) in [7, 11) is 1.92. The van der Waals surface area contributed by atoms with Crippen molar-refractivity contribution in [1.29, 1.82) is 0 Å². The molecular weight excluding hydrogens is 334 g/mol. The van der Waals surface area contributed by atoms with E-state index < -0.39 is 0 Å². The number of aryl methyl sites for hydroxylation is 2. The van der Waals surface area contributed by atoms with Gasteiger partial charge in [-0.15, -0.1) is 0 Å². The summed E-state index contributed by atoms with van der Waals surface area (Å²) in [4.78, 5) is 12.9. The van der Waals surface area contributed by atoms with Crippen molar-refractivity contribution in [2.75, 3.05) is 19.8 Å². The predicted molar refractivity (Wildman–Crippen MR) is 94.7 cm³/mol. The summed E-state index contributed by atoms with van der Waals surface area (Å²) >= 11 is 0. The van der Waals surface area contributed by atoms with E-state index in [1.165, 1.54) is 0 Å². The van der Waals surface area contributed by atoms with E-state index in [-0.39, 0.29) is 18.1 Å². The molecule has 3 heterocycles. The number of nitrogens with one attached hydrogen (secondary N) is 1. The highest BCUT2D eigenvalue weighted by molar-refractivity contribution is 5.98. The van der Waals surface area contributed by atoms with E-state index >= 15 is 0 Å². The quantitative estimate of drug-likeness (QED) is 0.910. The van der Waals surface area contributed by atoms with Crippen LogP contribution in [0.2, 0.25) is 0 Å². The molecule has 1 aromatic carbocycles. The smallest absolute Gasteiger partial charge is 0.255 e. The summed E-state index contributed by atoms with van der Waals surface area (Å²) in [6.07, 6.45) is 0.570. The van der Waals surface area contributed by atoms with E-state index in [2.05, 4.69) is 10.4 Å². The second-order valence-corrected chi connectivity index (χ2v) is 6.70. The van der Waals surface area contributed by atoms with Gasteiger partial charge in [0, 0.05) is 24.9 Å². The lowest BCUT2D eigenvalue weighted by atomic mass is 9.99. The number of ether oxygens (including phenoxy) is 3. The zero-order valence-electron chi connectivity index (χ0n) is 15.2. The van der Waals surface area contributed by atoms with Crippen LogP contribution in [-0.2, 0) is 11.8 Å². The monoisotopic (exact) mass is 357 g/mol. The minimum Gasteiger partial charge on any atom is -0.486 e. The van der Waals surface area contributed by atoms with Crippen LogP contribution in [0.25, 0.3) is 0 Å². The Kier molecular flexibility index (Phi) is 4.32. The standard InChI is InChI=1S/C19H23N3O4/c1-11-16(12(2)22(3)21-11)18-14(7-8-25-18)20-19(23)13-5-4-6-15-17(13)26-10-9-24-15/h4-6,14,18H,7-10H2,1-3H3,(H,20,23)/t14-,18-/m0/s1. The number of fused-ring (bicyclic) bond motifs is 1. The predicted octanol–water partition coefficient (Wildman–Crippen LogP) is 2.07. The fourth-order valence-corrected chi connectivity index (χ4v) is 3.72. The molecule has 2 atom stereocenters. The number of carbonyl (C=O) groups excluding carboxylic acids is 1. The first-order valence-corrected chi connectivity index (χ1v) is 8.87. The summed E-state index contributed by atoms with van der Waals surface area (Å²) in [6, 6.07) is 5.27. The van der Waals surface area contributed by atoms with Gasteiger partial charge in [0.05, 0.1) is 17.3 Å². The average molecular weight is 357 g/mol. The van der Waals surface area contributed by atoms with Crippen LogP contribution in [0.15, 0.2) is 18.2 Å². The fourth-order valence-electron chi connectivity index (χ4n) is 3.72. The molecular formula is C19H23N3O4. The van der Waals surface area contributed by atoms with Gasteiger partial charge in [-0.05, 0) is 32.4 Å². The van der Waals surface area contributed by atoms with E-state index in [1.54, 1.807) is 12.1 Å². The van der Waals surface area contributed by atoms with E-state index in [0.717, 1.165) is 23.4 Å². The SMILES string of the molecule is Cc1nn(C)c(C)c1[C@H]1OCC[C@@H]1NC(=O)c1cccc2c1OCCO2. The maximum absolute atomic E-state index is 12.9. The Bertz CT molecular complexity index is 846. The number of hydrogen-bond acceptors (Lipinski definition) is 5. The summed E-state index contributed by atoms with van der Waals surface area (Å²) in [5.74, 6) is 0.953. The number of rotatable bonds is 3. The van der Waals surface area contributed by atoms with Gasteiger partial charge in [0.25, 0.3) is 5.91 Å². The lowest BCUT2D eigenvalue weighted by Gasteiger charge is -2.23. The molecule has 7 nitrogen and oxygen atoms in total. The van der Waals surface area contributed by atoms with E-state index in [9.17, 15) is 4.79 Å². The third-order valence-electron chi connectivity index (χ3n) is 5.07. The normalized spacial score (nSPS) is 21.7. The highest BCUT2D eigenvalue weighted by Gasteiger charge is 2.35. The van der Waals surface area contributed by atoms with Crippen molar-refractivity contribution in [1.82, 2.24) is 15.1 Å². The van der Waals surface area contributed by atoms with Gasteiger partial charge in [0.15, 0.2) is 11.5 Å². The molecule has 26 heavy (non-hydrogen) atoms. The van der Waals surface area contributed by atoms with Crippen LogP contribution in [0.1, 0.15) is 39.8 Å². The van der Waals surface area contributed by atoms with Crippen molar-refractivity contribution in [3.8, 4) is 11.5 Å². The molecule has 4 rings (SSSR count). The maximum Gasteiger partial charge on any atom is 0.255 e. The first-order chi connectivity index (χ1) is 12.6. The van der Waals surface area contributed by atoms with E-state index in [4.69, 9.17) is 14.2 Å². The molecule has 1 N–H and O–H groups in total. The molecule has 7 heteroatoms. The van der Waals surface area contributed by atoms with Crippen LogP contribution < -0.4 is 14.8 Å². The Morgan fingerprint density at radius 1 is 1.23 bits per heavy atom. The number of nitrogens with zero attached hydrogens (tertiary/aromatic N) is 2. The van der Waals surface area contributed by atoms with Gasteiger partial charge in [-0.25, -0.2) is 0 Å². The van der Waals surface area contributed by atoms with Crippen molar-refractivity contribution < 1.29 is 19.0 Å². The van der Waals surface area contributed by atoms with Crippen molar-refractivity contribution in [2.24, 2.45) is 7.05 Å². The average Bonchev–Trinajstić information content (AvgIpc) is 3.18. The van der Waals surface area contributed by atoms with Crippen molar-refractivity contribution >= 4 is 5.91 Å². The third-order valence-corrected chi connectivity index (χ3v) is 5.07. The minimum atomic E-state index is -0.190. The zero-order valence-corrected chi connectivity index (χ0v) is 15.2. The van der Waals surface area contributed by atoms with Gasteiger partial charge in [-0.3, -0.25) is 9.48 Å². The summed E-state index contributed by atoms with van der Waals surface area (Å²) in [5, 5.41) is 7.59. The lowest BCUT2D eigenvalue weighted by molar-refractivity contribution is 0.0810. The molecule has 2 aliphatic heterocycles. The Labute approximate surface area is 152 Å². The molecule has 0 unspecified atom stereocenters. The molecule has 0 saturated carbocycles. The van der Waals surface area contributed by atoms with Gasteiger partial charge in [0.1, 0.15) is 19.3 Å². The van der Waals surface area contributed by atoms with Crippen LogP contribution in [0.3, 0.4) is 0 Å². The summed E-state index contributed by atoms with van der Waals surface area (Å²) in [5.41, 5.74) is 3.55. The van der Waals surface area contributed by atoms with E-state index in [1.807, 2.05) is 31.6 Å². The fraction of sp³-hybridized carbons (Fsp3) is 0.474. The molecule has 1 fully saturated rings. The number of benzene rings is 1. The molecule has 0 bridgehead atoms. The third kappa shape index (κ3) is 2.82. The highest BCUT2D eigenvalue weighted by Crippen LogP contribution is 2.36. The molecule has 0 spiro atoms. The van der Waals surface area contributed by atoms with Crippen molar-refractivity contribution in [3.63, 3.8) is 0 Å². The molecule has 138 valence electrons. The largest absolute Gasteiger partial charge is 0.486 e. The van der Waals surface area contributed by atoms with Gasteiger partial charge in [-0.1, -0.05) is 6.07 Å². The molecule has 2 aromatic rings. The van der Waals surface area contributed by atoms with Crippen LogP contribution in [0, 0.1) is 13.8 Å². The number of para-hydroxylation sites is 1. The van der Waals surface area contributed by atoms with Crippen LogP contribution in [0.4, 0.5) is 0 Å². The number of carbonyl (C=O) groups is 1. The second kappa shape index (κ2) is 6.64. The summed E-state index contributed by atoms with van der Waals surface area (Å²) in [6.45, 7) is 5.54. The Balaban J connectivity index is 1.58. The van der Waals surface area contributed by atoms with Crippen molar-refractivity contribution in [2.45, 2.75) is 32.4 Å². The number of aromatic nitrogens is 2. The molecule has 0 aliphatic carbocycles. The first-order valence-electron chi connectivity index (χ1n) is 8.87. The topological polar surface area (TPSA) is 74.6 Å². The maximum atomic E-state index is 12.9. The molecule has 1 aromatic heterocycles. The molecule has 1 amide bonds. The minimum absolute atomic E-state index is 0.107. The van der Waals surface area contributed by atoms with E-state index in [0.29, 0.717) is 36.9 Å². The van der Waals surface area contributed by atoms with Gasteiger partial charge < -0.3 is 19.5 Å². The lowest BCUT2D eigenvalue weighted by Crippen LogP contribution is -2.37. The van der Waals surface area contributed by atoms with Gasteiger partial charge in [-0.2, -0.15) is 5.10 Å². The van der Waals surface area contributed by atoms with Crippen molar-refractivity contribution in [3.05, 3.63) is 40.7 Å². The molecule has 0 radical (unpaired) electrons. The highest BCUT2D eigenvalue weighted by atomic mass is 16.6. The van der Waals surface area contributed by atoms with Crippen LogP contribution in [-0.4, -0.2) is 41.6 Å². The molecule has 1 saturated heterocycles. The molecule has 2 aliphatic rings. The number of amides is 1. The number of hydrogen-bond donors (Lipinski definition) is 1. The Hall–Kier alpha value is -2.54. The van der Waals surface area contributed by atoms with Crippen LogP contribution >= 0.6 is 0 Å². The second-order valence-electron chi connectivity index (χ2n) is 6.70. The zero-order chi connectivity index (χ0) is 18.3. The first kappa shape index (κ1) is 16.9. The van der Waals surface area contributed by atoms with Gasteiger partial charge >= 0.3 is 0 Å². The van der Waals surface area contributed by atoms with Gasteiger partial charge in [0.2, 0.25) is 0 Å². The van der Waals surface area contributed by atoms with Crippen LogP contribution in [0.5, 0.6) is 11.5 Å². The Morgan fingerprint density at radius 2 is 2.04 bits per heavy atom. The Morgan fingerprint density at radius 3 is 2.81 bits per heavy atom.